The van der Waals surface area contributed by atoms with Gasteiger partial charge in [-0.1, -0.05) is 6.07 Å². The quantitative estimate of drug-likeness (QED) is 0.737. The Labute approximate surface area is 128 Å². The van der Waals surface area contributed by atoms with Gasteiger partial charge in [-0.25, -0.2) is 17.4 Å². The average Bonchev–Trinajstić information content (AvgIpc) is 2.62. The molecular weight excluding hydrogens is 332 g/mol. The number of sulfone groups is 1. The van der Waals surface area contributed by atoms with Crippen molar-refractivity contribution in [2.45, 2.75) is 24.9 Å². The number of phenolic OH excluding ortho intramolecular Hbond substituents is 1. The fourth-order valence-electron chi connectivity index (χ4n) is 1.83. The molecule has 22 heavy (non-hydrogen) atoms. The summed E-state index contributed by atoms with van der Waals surface area (Å²) >= 11 is 0. The SMILES string of the molecule is CC(C)S(=O)(=O)Cc1ccc(N2C=C(O)NS2(=O)=O)c(O)c1. The largest absolute Gasteiger partial charge is 0.506 e. The molecule has 3 N–H and O–H groups in total. The molecule has 0 amide bonds. The summed E-state index contributed by atoms with van der Waals surface area (Å²) in [6, 6.07) is 3.87. The van der Waals surface area contributed by atoms with Crippen LogP contribution in [0.15, 0.2) is 30.3 Å². The number of aliphatic hydroxyl groups is 1. The van der Waals surface area contributed by atoms with E-state index in [1.807, 2.05) is 4.72 Å². The summed E-state index contributed by atoms with van der Waals surface area (Å²) in [4.78, 5) is 0. The maximum absolute atomic E-state index is 11.9. The topological polar surface area (TPSA) is 124 Å². The second kappa shape index (κ2) is 5.36. The van der Waals surface area contributed by atoms with Gasteiger partial charge in [0.05, 0.1) is 17.2 Å². The number of rotatable bonds is 4. The zero-order valence-electron chi connectivity index (χ0n) is 11.9. The predicted molar refractivity (Wildman–Crippen MR) is 81.1 cm³/mol. The fraction of sp³-hybridized carbons (Fsp3) is 0.333. The van der Waals surface area contributed by atoms with Gasteiger partial charge in [0.2, 0.25) is 5.88 Å². The van der Waals surface area contributed by atoms with Gasteiger partial charge >= 0.3 is 10.2 Å². The highest BCUT2D eigenvalue weighted by Gasteiger charge is 2.30. The van der Waals surface area contributed by atoms with Crippen molar-refractivity contribution in [2.24, 2.45) is 0 Å². The highest BCUT2D eigenvalue weighted by molar-refractivity contribution is 7.91. The molecule has 8 nitrogen and oxygen atoms in total. The molecule has 0 saturated carbocycles. The second-order valence-corrected chi connectivity index (χ2v) is 9.20. The number of benzene rings is 1. The number of aliphatic hydroxyl groups excluding tert-OH is 1. The number of hydrogen-bond acceptors (Lipinski definition) is 6. The summed E-state index contributed by atoms with van der Waals surface area (Å²) in [7, 11) is -7.35. The van der Waals surface area contributed by atoms with Crippen LogP contribution in [0.1, 0.15) is 19.4 Å². The van der Waals surface area contributed by atoms with Gasteiger partial charge in [0.25, 0.3) is 0 Å². The van der Waals surface area contributed by atoms with Crippen LogP contribution in [-0.2, 0) is 25.8 Å². The number of anilines is 1. The van der Waals surface area contributed by atoms with Crippen molar-refractivity contribution in [1.82, 2.24) is 4.72 Å². The van der Waals surface area contributed by atoms with E-state index in [0.717, 1.165) is 6.20 Å². The third-order valence-corrected chi connectivity index (χ3v) is 6.55. The Bertz CT molecular complexity index is 827. The van der Waals surface area contributed by atoms with Crippen molar-refractivity contribution in [2.75, 3.05) is 4.31 Å². The van der Waals surface area contributed by atoms with Crippen LogP contribution in [0.4, 0.5) is 5.69 Å². The van der Waals surface area contributed by atoms with Gasteiger partial charge in [0.1, 0.15) is 11.4 Å². The standard InChI is InChI=1S/C12H16N2O6S2/c1-8(2)21(17,18)7-9-3-4-10(11(15)5-9)14-6-12(16)13-22(14,19)20/h3-6,8,13,15-16H,7H2,1-2H3. The summed E-state index contributed by atoms with van der Waals surface area (Å²) in [5.41, 5.74) is 0.245. The van der Waals surface area contributed by atoms with Gasteiger partial charge in [-0.05, 0) is 31.5 Å². The minimum absolute atomic E-state index is 0.0951. The van der Waals surface area contributed by atoms with E-state index in [1.165, 1.54) is 18.2 Å². The van der Waals surface area contributed by atoms with E-state index >= 15 is 0 Å². The molecule has 0 radical (unpaired) electrons. The lowest BCUT2D eigenvalue weighted by Gasteiger charge is -2.16. The summed E-state index contributed by atoms with van der Waals surface area (Å²) in [5, 5.41) is 18.6. The fourth-order valence-corrected chi connectivity index (χ4v) is 3.88. The molecule has 0 fully saturated rings. The molecule has 1 heterocycles. The lowest BCUT2D eigenvalue weighted by Crippen LogP contribution is -2.29. The summed E-state index contributed by atoms with van der Waals surface area (Å²) in [5.74, 6) is -1.25. The minimum atomic E-state index is -4.01. The van der Waals surface area contributed by atoms with Crippen LogP contribution in [0.5, 0.6) is 5.75 Å². The predicted octanol–water partition coefficient (Wildman–Crippen LogP) is 0.727. The molecular formula is C12H16N2O6S2. The molecule has 0 aliphatic carbocycles. The van der Waals surface area contributed by atoms with Crippen LogP contribution in [0, 0.1) is 0 Å². The Morgan fingerprint density at radius 1 is 1.27 bits per heavy atom. The summed E-state index contributed by atoms with van der Waals surface area (Å²) in [6.07, 6.45) is 0.898. The van der Waals surface area contributed by atoms with Crippen molar-refractivity contribution in [3.63, 3.8) is 0 Å². The molecule has 0 aromatic heterocycles. The van der Waals surface area contributed by atoms with Crippen LogP contribution in [-0.4, -0.2) is 32.3 Å². The molecule has 1 aromatic rings. The first-order valence-corrected chi connectivity index (χ1v) is 9.45. The van der Waals surface area contributed by atoms with Gasteiger partial charge in [-0.15, -0.1) is 0 Å². The van der Waals surface area contributed by atoms with Gasteiger partial charge in [0.15, 0.2) is 9.84 Å². The van der Waals surface area contributed by atoms with Gasteiger partial charge in [-0.3, -0.25) is 0 Å². The van der Waals surface area contributed by atoms with E-state index in [1.54, 1.807) is 13.8 Å². The van der Waals surface area contributed by atoms with E-state index in [0.29, 0.717) is 9.87 Å². The first-order chi connectivity index (χ1) is 10.0. The van der Waals surface area contributed by atoms with Crippen LogP contribution < -0.4 is 9.03 Å². The third kappa shape index (κ3) is 3.12. The van der Waals surface area contributed by atoms with Crippen molar-refractivity contribution < 1.29 is 27.0 Å². The molecule has 0 spiro atoms. The lowest BCUT2D eigenvalue weighted by molar-refractivity contribution is 0.392. The molecule has 0 saturated heterocycles. The lowest BCUT2D eigenvalue weighted by atomic mass is 10.2. The number of phenols is 1. The maximum Gasteiger partial charge on any atom is 0.330 e. The molecule has 1 aromatic carbocycles. The van der Waals surface area contributed by atoms with Gasteiger partial charge in [-0.2, -0.15) is 8.42 Å². The zero-order chi connectivity index (χ0) is 16.7. The highest BCUT2D eigenvalue weighted by Crippen LogP contribution is 2.33. The molecule has 10 heteroatoms. The Balaban J connectivity index is 2.36. The second-order valence-electron chi connectivity index (χ2n) is 5.10. The molecule has 2 rings (SSSR count). The van der Waals surface area contributed by atoms with Crippen molar-refractivity contribution in [3.05, 3.63) is 35.8 Å². The molecule has 122 valence electrons. The Morgan fingerprint density at radius 2 is 1.91 bits per heavy atom. The summed E-state index contributed by atoms with van der Waals surface area (Å²) in [6.45, 7) is 3.11. The zero-order valence-corrected chi connectivity index (χ0v) is 13.5. The van der Waals surface area contributed by atoms with Crippen LogP contribution in [0.3, 0.4) is 0 Å². The van der Waals surface area contributed by atoms with E-state index < -0.39 is 36.9 Å². The molecule has 0 unspecified atom stereocenters. The molecule has 0 atom stereocenters. The Morgan fingerprint density at radius 3 is 2.36 bits per heavy atom. The molecule has 1 aliphatic heterocycles. The van der Waals surface area contributed by atoms with Crippen LogP contribution >= 0.6 is 0 Å². The monoisotopic (exact) mass is 348 g/mol. The third-order valence-electron chi connectivity index (χ3n) is 3.10. The number of aromatic hydroxyl groups is 1. The van der Waals surface area contributed by atoms with E-state index in [-0.39, 0.29) is 11.4 Å². The van der Waals surface area contributed by atoms with Crippen LogP contribution in [0.25, 0.3) is 0 Å². The number of nitrogens with zero attached hydrogens (tertiary/aromatic N) is 1. The smallest absolute Gasteiger partial charge is 0.330 e. The van der Waals surface area contributed by atoms with Crippen molar-refractivity contribution in [1.29, 1.82) is 0 Å². The summed E-state index contributed by atoms with van der Waals surface area (Å²) < 4.78 is 49.7. The Kier molecular flexibility index (Phi) is 4.00. The first kappa shape index (κ1) is 16.4. The molecule has 0 bridgehead atoms. The number of hydrogen-bond donors (Lipinski definition) is 3. The first-order valence-electron chi connectivity index (χ1n) is 6.29. The van der Waals surface area contributed by atoms with E-state index in [9.17, 15) is 27.0 Å². The van der Waals surface area contributed by atoms with Crippen molar-refractivity contribution in [3.8, 4) is 5.75 Å². The van der Waals surface area contributed by atoms with Crippen LogP contribution in [0.2, 0.25) is 0 Å². The van der Waals surface area contributed by atoms with Gasteiger partial charge < -0.3 is 10.2 Å². The minimum Gasteiger partial charge on any atom is -0.506 e. The van der Waals surface area contributed by atoms with E-state index in [4.69, 9.17) is 0 Å². The highest BCUT2D eigenvalue weighted by atomic mass is 32.2. The molecule has 1 aliphatic rings. The number of nitrogens with one attached hydrogen (secondary N) is 1. The Hall–Kier alpha value is -1.94. The average molecular weight is 348 g/mol. The van der Waals surface area contributed by atoms with E-state index in [2.05, 4.69) is 0 Å². The van der Waals surface area contributed by atoms with Crippen molar-refractivity contribution >= 4 is 25.7 Å². The van der Waals surface area contributed by atoms with Gasteiger partial charge in [0, 0.05) is 0 Å². The normalized spacial score (nSPS) is 17.4. The maximum atomic E-state index is 11.9.